The molecule has 0 unspecified atom stereocenters. The normalized spacial score (nSPS) is 11.0. The molecule has 0 fully saturated rings. The highest BCUT2D eigenvalue weighted by atomic mass is 19.4. The lowest BCUT2D eigenvalue weighted by molar-refractivity contribution is -0.144. The lowest BCUT2D eigenvalue weighted by Gasteiger charge is -2.19. The van der Waals surface area contributed by atoms with E-state index < -0.39 is 12.7 Å². The summed E-state index contributed by atoms with van der Waals surface area (Å²) >= 11 is 0. The van der Waals surface area contributed by atoms with E-state index in [1.807, 2.05) is 13.8 Å². The Labute approximate surface area is 72.6 Å². The van der Waals surface area contributed by atoms with Crippen LogP contribution >= 0.6 is 0 Å². The van der Waals surface area contributed by atoms with Gasteiger partial charge in [-0.15, -0.1) is 0 Å². The SMILES string of the molecule is CC.CCN(CC)CC(F)(F)F. The molecular weight excluding hydrogens is 167 g/mol. The van der Waals surface area contributed by atoms with Crippen LogP contribution in [0.15, 0.2) is 0 Å². The van der Waals surface area contributed by atoms with Gasteiger partial charge in [0.1, 0.15) is 0 Å². The maximum absolute atomic E-state index is 11.6. The van der Waals surface area contributed by atoms with Gasteiger partial charge in [0.2, 0.25) is 0 Å². The standard InChI is InChI=1S/C6H12F3N.C2H6/c1-3-10(4-2)5-6(7,8)9;1-2/h3-5H2,1-2H3;1-2H3. The maximum atomic E-state index is 11.6. The molecule has 0 bridgehead atoms. The predicted molar refractivity (Wildman–Crippen MR) is 45.2 cm³/mol. The van der Waals surface area contributed by atoms with Gasteiger partial charge in [-0.05, 0) is 13.1 Å². The van der Waals surface area contributed by atoms with Crippen LogP contribution < -0.4 is 0 Å². The highest BCUT2D eigenvalue weighted by Crippen LogP contribution is 2.15. The Morgan fingerprint density at radius 3 is 1.42 bits per heavy atom. The van der Waals surface area contributed by atoms with E-state index >= 15 is 0 Å². The van der Waals surface area contributed by atoms with Gasteiger partial charge in [-0.1, -0.05) is 27.7 Å². The molecule has 0 atom stereocenters. The summed E-state index contributed by atoms with van der Waals surface area (Å²) in [5, 5.41) is 0. The molecule has 0 heterocycles. The Kier molecular flexibility index (Phi) is 8.81. The lowest BCUT2D eigenvalue weighted by atomic mass is 10.5. The number of hydrogen-bond donors (Lipinski definition) is 0. The Hall–Kier alpha value is -0.250. The zero-order chi connectivity index (χ0) is 10.2. The van der Waals surface area contributed by atoms with Crippen LogP contribution in [0.25, 0.3) is 0 Å². The molecule has 0 aromatic heterocycles. The fraction of sp³-hybridized carbons (Fsp3) is 1.00. The van der Waals surface area contributed by atoms with Crippen LogP contribution in [0.2, 0.25) is 0 Å². The minimum atomic E-state index is -4.05. The smallest absolute Gasteiger partial charge is 0.296 e. The number of nitrogens with zero attached hydrogens (tertiary/aromatic N) is 1. The zero-order valence-electron chi connectivity index (χ0n) is 8.20. The van der Waals surface area contributed by atoms with Gasteiger partial charge in [-0.25, -0.2) is 0 Å². The van der Waals surface area contributed by atoms with Gasteiger partial charge < -0.3 is 0 Å². The fourth-order valence-electron chi connectivity index (χ4n) is 0.701. The van der Waals surface area contributed by atoms with Gasteiger partial charge >= 0.3 is 6.18 Å². The molecule has 0 radical (unpaired) electrons. The van der Waals surface area contributed by atoms with E-state index in [2.05, 4.69) is 0 Å². The third-order valence-electron chi connectivity index (χ3n) is 1.30. The third-order valence-corrected chi connectivity index (χ3v) is 1.30. The number of rotatable bonds is 3. The molecule has 0 aromatic rings. The first-order chi connectivity index (χ1) is 5.49. The molecular formula is C8H18F3N. The van der Waals surface area contributed by atoms with Crippen molar-refractivity contribution in [1.29, 1.82) is 0 Å². The number of halogens is 3. The van der Waals surface area contributed by atoms with Crippen LogP contribution in [0.5, 0.6) is 0 Å². The van der Waals surface area contributed by atoms with Crippen LogP contribution in [0.3, 0.4) is 0 Å². The molecule has 0 aliphatic rings. The van der Waals surface area contributed by atoms with Crippen LogP contribution in [-0.4, -0.2) is 30.7 Å². The average Bonchev–Trinajstić information content (AvgIpc) is 2.02. The van der Waals surface area contributed by atoms with E-state index in [0.717, 1.165) is 0 Å². The first kappa shape index (κ1) is 14.3. The molecule has 0 saturated heterocycles. The number of alkyl halides is 3. The number of hydrogen-bond acceptors (Lipinski definition) is 1. The van der Waals surface area contributed by atoms with Crippen molar-refractivity contribution in [3.05, 3.63) is 0 Å². The lowest BCUT2D eigenvalue weighted by Crippen LogP contribution is -2.33. The minimum Gasteiger partial charge on any atom is -0.296 e. The van der Waals surface area contributed by atoms with E-state index in [1.54, 1.807) is 13.8 Å². The molecule has 0 N–H and O–H groups in total. The summed E-state index contributed by atoms with van der Waals surface area (Å²) in [7, 11) is 0. The Balaban J connectivity index is 0. The molecule has 0 rings (SSSR count). The molecule has 12 heavy (non-hydrogen) atoms. The summed E-state index contributed by atoms with van der Waals surface area (Å²) in [5.41, 5.74) is 0. The molecule has 0 aromatic carbocycles. The largest absolute Gasteiger partial charge is 0.401 e. The molecule has 0 amide bonds. The molecule has 0 saturated carbocycles. The third kappa shape index (κ3) is 9.75. The zero-order valence-corrected chi connectivity index (χ0v) is 8.20. The highest BCUT2D eigenvalue weighted by Gasteiger charge is 2.29. The second-order valence-electron chi connectivity index (χ2n) is 2.08. The Morgan fingerprint density at radius 2 is 1.33 bits per heavy atom. The summed E-state index contributed by atoms with van der Waals surface area (Å²) in [6.07, 6.45) is -4.05. The topological polar surface area (TPSA) is 3.24 Å². The van der Waals surface area contributed by atoms with Crippen molar-refractivity contribution in [1.82, 2.24) is 4.90 Å². The van der Waals surface area contributed by atoms with Crippen molar-refractivity contribution < 1.29 is 13.2 Å². The van der Waals surface area contributed by atoms with Crippen molar-refractivity contribution in [2.24, 2.45) is 0 Å². The summed E-state index contributed by atoms with van der Waals surface area (Å²) in [6, 6.07) is 0. The molecule has 4 heteroatoms. The van der Waals surface area contributed by atoms with Crippen molar-refractivity contribution in [3.8, 4) is 0 Å². The summed E-state index contributed by atoms with van der Waals surface area (Å²) in [5.74, 6) is 0. The Morgan fingerprint density at radius 1 is 1.00 bits per heavy atom. The minimum absolute atomic E-state index is 0.454. The van der Waals surface area contributed by atoms with E-state index in [4.69, 9.17) is 0 Å². The van der Waals surface area contributed by atoms with Crippen LogP contribution in [0.4, 0.5) is 13.2 Å². The Bertz CT molecular complexity index is 86.8. The van der Waals surface area contributed by atoms with Crippen molar-refractivity contribution in [2.45, 2.75) is 33.9 Å². The van der Waals surface area contributed by atoms with Gasteiger partial charge in [0, 0.05) is 0 Å². The fourth-order valence-corrected chi connectivity index (χ4v) is 0.701. The predicted octanol–water partition coefficient (Wildman–Crippen LogP) is 2.92. The van der Waals surface area contributed by atoms with E-state index in [-0.39, 0.29) is 0 Å². The summed E-state index contributed by atoms with van der Waals surface area (Å²) < 4.78 is 34.9. The molecule has 76 valence electrons. The van der Waals surface area contributed by atoms with Crippen LogP contribution in [-0.2, 0) is 0 Å². The van der Waals surface area contributed by atoms with Crippen LogP contribution in [0, 0.1) is 0 Å². The second-order valence-corrected chi connectivity index (χ2v) is 2.08. The molecule has 1 nitrogen and oxygen atoms in total. The first-order valence-electron chi connectivity index (χ1n) is 4.28. The van der Waals surface area contributed by atoms with Gasteiger partial charge in [0.25, 0.3) is 0 Å². The van der Waals surface area contributed by atoms with Crippen molar-refractivity contribution in [3.63, 3.8) is 0 Å². The average molecular weight is 185 g/mol. The van der Waals surface area contributed by atoms with Crippen molar-refractivity contribution >= 4 is 0 Å². The quantitative estimate of drug-likeness (QED) is 0.653. The van der Waals surface area contributed by atoms with Gasteiger partial charge in [-0.2, -0.15) is 13.2 Å². The highest BCUT2D eigenvalue weighted by molar-refractivity contribution is 4.58. The van der Waals surface area contributed by atoms with Gasteiger partial charge in [0.15, 0.2) is 0 Å². The molecule has 0 spiro atoms. The van der Waals surface area contributed by atoms with Gasteiger partial charge in [0.05, 0.1) is 6.54 Å². The van der Waals surface area contributed by atoms with E-state index in [0.29, 0.717) is 13.1 Å². The molecule has 0 aliphatic carbocycles. The van der Waals surface area contributed by atoms with Crippen molar-refractivity contribution in [2.75, 3.05) is 19.6 Å². The second kappa shape index (κ2) is 7.40. The monoisotopic (exact) mass is 185 g/mol. The van der Waals surface area contributed by atoms with E-state index in [1.165, 1.54) is 4.90 Å². The maximum Gasteiger partial charge on any atom is 0.401 e. The first-order valence-corrected chi connectivity index (χ1v) is 4.28. The molecule has 0 aliphatic heterocycles. The van der Waals surface area contributed by atoms with E-state index in [9.17, 15) is 13.2 Å². The van der Waals surface area contributed by atoms with Gasteiger partial charge in [-0.3, -0.25) is 4.90 Å². The van der Waals surface area contributed by atoms with Crippen LogP contribution in [0.1, 0.15) is 27.7 Å². The summed E-state index contributed by atoms with van der Waals surface area (Å²) in [6.45, 7) is 7.55. The summed E-state index contributed by atoms with van der Waals surface area (Å²) in [4.78, 5) is 1.33.